The van der Waals surface area contributed by atoms with Crippen LogP contribution in [0.3, 0.4) is 0 Å². The van der Waals surface area contributed by atoms with Crippen molar-refractivity contribution in [2.24, 2.45) is 4.99 Å². The van der Waals surface area contributed by atoms with Crippen LogP contribution >= 0.6 is 39.9 Å². The largest absolute Gasteiger partial charge is 0.356 e. The molecule has 0 saturated heterocycles. The Morgan fingerprint density at radius 3 is 2.62 bits per heavy atom. The van der Waals surface area contributed by atoms with E-state index >= 15 is 0 Å². The Kier molecular flexibility index (Phi) is 10.9. The summed E-state index contributed by atoms with van der Waals surface area (Å²) in [4.78, 5) is 20.4. The van der Waals surface area contributed by atoms with Crippen molar-refractivity contribution in [1.82, 2.24) is 20.9 Å². The number of carbonyl (C=O) groups excluding carboxylic acids is 1. The summed E-state index contributed by atoms with van der Waals surface area (Å²) in [5.41, 5.74) is 1.60. The van der Waals surface area contributed by atoms with Crippen LogP contribution in [0, 0.1) is 0 Å². The van der Waals surface area contributed by atoms with E-state index in [1.807, 2.05) is 30.3 Å². The maximum absolute atomic E-state index is 12.0. The van der Waals surface area contributed by atoms with Gasteiger partial charge in [-0.2, -0.15) is 0 Å². The second kappa shape index (κ2) is 12.6. The first-order chi connectivity index (χ1) is 12.2. The lowest BCUT2D eigenvalue weighted by atomic mass is 10.2. The normalized spacial score (nSPS) is 10.6. The highest BCUT2D eigenvalue weighted by molar-refractivity contribution is 14.0. The van der Waals surface area contributed by atoms with Crippen molar-refractivity contribution >= 4 is 51.8 Å². The first-order valence-electron chi connectivity index (χ1n) is 8.07. The first-order valence-corrected chi connectivity index (χ1v) is 8.86. The summed E-state index contributed by atoms with van der Waals surface area (Å²) in [5.74, 6) is 0.642. The van der Waals surface area contributed by atoms with Crippen LogP contribution < -0.4 is 16.0 Å². The molecular weight excluding hydrogens is 509 g/mol. The fourth-order valence-corrected chi connectivity index (χ4v) is 2.53. The predicted molar refractivity (Wildman–Crippen MR) is 119 cm³/mol. The molecule has 6 nitrogen and oxygen atoms in total. The molecule has 0 spiro atoms. The van der Waals surface area contributed by atoms with Crippen molar-refractivity contribution < 1.29 is 4.79 Å². The number of aliphatic imine (C=N–C) groups is 1. The molecule has 3 N–H and O–H groups in total. The Bertz CT molecular complexity index is 712. The van der Waals surface area contributed by atoms with E-state index in [0.717, 1.165) is 16.6 Å². The molecule has 1 heterocycles. The Labute approximate surface area is 179 Å². The van der Waals surface area contributed by atoms with Gasteiger partial charge in [0.25, 0.3) is 5.91 Å². The molecule has 1 aromatic carbocycles. The van der Waals surface area contributed by atoms with Crippen molar-refractivity contribution in [3.8, 4) is 0 Å². The third kappa shape index (κ3) is 8.13. The van der Waals surface area contributed by atoms with E-state index in [4.69, 9.17) is 0 Å². The van der Waals surface area contributed by atoms with Gasteiger partial charge in [0.15, 0.2) is 5.96 Å². The van der Waals surface area contributed by atoms with Gasteiger partial charge in [-0.25, -0.2) is 0 Å². The molecular formula is C18H23BrIN5O. The molecule has 0 aliphatic carbocycles. The van der Waals surface area contributed by atoms with E-state index in [2.05, 4.69) is 41.9 Å². The molecule has 8 heteroatoms. The molecule has 26 heavy (non-hydrogen) atoms. The molecule has 0 radical (unpaired) electrons. The smallest absolute Gasteiger partial charge is 0.251 e. The van der Waals surface area contributed by atoms with Crippen LogP contribution in [0.4, 0.5) is 0 Å². The van der Waals surface area contributed by atoms with Gasteiger partial charge in [-0.05, 0) is 36.8 Å². The Balaban J connectivity index is 0.00000338. The van der Waals surface area contributed by atoms with Gasteiger partial charge in [0.05, 0.1) is 12.2 Å². The average Bonchev–Trinajstić information content (AvgIpc) is 2.64. The Morgan fingerprint density at radius 2 is 1.92 bits per heavy atom. The number of nitrogens with one attached hydrogen (secondary N) is 3. The van der Waals surface area contributed by atoms with Crippen LogP contribution in [0.5, 0.6) is 0 Å². The molecule has 1 amide bonds. The number of benzene rings is 1. The number of hydrogen-bond donors (Lipinski definition) is 3. The average molecular weight is 532 g/mol. The number of rotatable bonds is 7. The lowest BCUT2D eigenvalue weighted by Gasteiger charge is -2.12. The van der Waals surface area contributed by atoms with Crippen molar-refractivity contribution in [3.63, 3.8) is 0 Å². The number of amides is 1. The fourth-order valence-electron chi connectivity index (χ4n) is 2.13. The van der Waals surface area contributed by atoms with Crippen LogP contribution in [-0.4, -0.2) is 37.0 Å². The zero-order valence-electron chi connectivity index (χ0n) is 14.5. The van der Waals surface area contributed by atoms with Gasteiger partial charge >= 0.3 is 0 Å². The highest BCUT2D eigenvalue weighted by atomic mass is 127. The maximum Gasteiger partial charge on any atom is 0.251 e. The number of aromatic nitrogens is 1. The van der Waals surface area contributed by atoms with Crippen molar-refractivity contribution in [1.29, 1.82) is 0 Å². The topological polar surface area (TPSA) is 78.4 Å². The van der Waals surface area contributed by atoms with Crippen molar-refractivity contribution in [2.45, 2.75) is 13.0 Å². The van der Waals surface area contributed by atoms with E-state index in [1.54, 1.807) is 25.4 Å². The number of guanidine groups is 1. The lowest BCUT2D eigenvalue weighted by Crippen LogP contribution is -2.38. The van der Waals surface area contributed by atoms with Gasteiger partial charge in [-0.15, -0.1) is 24.0 Å². The van der Waals surface area contributed by atoms with Crippen LogP contribution in [0.25, 0.3) is 0 Å². The van der Waals surface area contributed by atoms with E-state index in [1.165, 1.54) is 0 Å². The number of hydrogen-bond acceptors (Lipinski definition) is 3. The third-order valence-corrected chi connectivity index (χ3v) is 3.90. The summed E-state index contributed by atoms with van der Waals surface area (Å²) in [7, 11) is 1.72. The number of carbonyl (C=O) groups is 1. The molecule has 1 aromatic heterocycles. The van der Waals surface area contributed by atoms with E-state index in [0.29, 0.717) is 31.2 Å². The second-order valence-electron chi connectivity index (χ2n) is 5.29. The summed E-state index contributed by atoms with van der Waals surface area (Å²) in [5, 5.41) is 9.32. The van der Waals surface area contributed by atoms with E-state index in [-0.39, 0.29) is 29.9 Å². The minimum atomic E-state index is -0.0704. The standard InChI is InChI=1S/C18H22BrN5O.HI/c1-20-18(24-13-16-8-2-3-9-21-16)23-11-5-10-22-17(25)14-6-4-7-15(19)12-14;/h2-4,6-9,12H,5,10-11,13H2,1H3,(H,22,25)(H2,20,23,24);1H. The summed E-state index contributed by atoms with van der Waals surface area (Å²) in [6, 6.07) is 13.1. The summed E-state index contributed by atoms with van der Waals surface area (Å²) in [6.07, 6.45) is 2.56. The first kappa shape index (κ1) is 22.4. The molecule has 0 bridgehead atoms. The number of nitrogens with zero attached hydrogens (tertiary/aromatic N) is 2. The van der Waals surface area contributed by atoms with Gasteiger partial charge in [-0.3, -0.25) is 14.8 Å². The Hall–Kier alpha value is -1.68. The summed E-state index contributed by atoms with van der Waals surface area (Å²) >= 11 is 3.36. The summed E-state index contributed by atoms with van der Waals surface area (Å²) in [6.45, 7) is 1.91. The molecule has 0 aliphatic heterocycles. The number of halogens is 2. The van der Waals surface area contributed by atoms with Crippen LogP contribution in [-0.2, 0) is 6.54 Å². The number of pyridine rings is 1. The van der Waals surface area contributed by atoms with Crippen LogP contribution in [0.15, 0.2) is 58.1 Å². The highest BCUT2D eigenvalue weighted by Gasteiger charge is 2.04. The quantitative estimate of drug-likeness (QED) is 0.222. The predicted octanol–water partition coefficient (Wildman–Crippen LogP) is 2.95. The molecule has 0 saturated carbocycles. The van der Waals surface area contributed by atoms with Crippen LogP contribution in [0.1, 0.15) is 22.5 Å². The molecule has 0 aliphatic rings. The molecule has 140 valence electrons. The minimum absolute atomic E-state index is 0. The van der Waals surface area contributed by atoms with Gasteiger partial charge in [0.2, 0.25) is 0 Å². The monoisotopic (exact) mass is 531 g/mol. The molecule has 0 unspecified atom stereocenters. The maximum atomic E-state index is 12.0. The van der Waals surface area contributed by atoms with E-state index < -0.39 is 0 Å². The van der Waals surface area contributed by atoms with Gasteiger partial charge in [-0.1, -0.05) is 28.1 Å². The third-order valence-electron chi connectivity index (χ3n) is 3.41. The molecule has 0 atom stereocenters. The molecule has 2 aromatic rings. The van der Waals surface area contributed by atoms with E-state index in [9.17, 15) is 4.79 Å². The SMILES string of the molecule is CN=C(NCCCNC(=O)c1cccc(Br)c1)NCc1ccccn1.I. The zero-order valence-corrected chi connectivity index (χ0v) is 18.5. The van der Waals surface area contributed by atoms with Gasteiger partial charge in [0, 0.05) is 36.4 Å². The minimum Gasteiger partial charge on any atom is -0.356 e. The lowest BCUT2D eigenvalue weighted by molar-refractivity contribution is 0.0953. The molecule has 0 fully saturated rings. The van der Waals surface area contributed by atoms with Crippen molar-refractivity contribution in [3.05, 3.63) is 64.4 Å². The molecule has 2 rings (SSSR count). The van der Waals surface area contributed by atoms with Crippen LogP contribution in [0.2, 0.25) is 0 Å². The zero-order chi connectivity index (χ0) is 17.9. The second-order valence-corrected chi connectivity index (χ2v) is 6.21. The highest BCUT2D eigenvalue weighted by Crippen LogP contribution is 2.11. The Morgan fingerprint density at radius 1 is 1.12 bits per heavy atom. The fraction of sp³-hybridized carbons (Fsp3) is 0.278. The van der Waals surface area contributed by atoms with Crippen molar-refractivity contribution in [2.75, 3.05) is 20.1 Å². The van der Waals surface area contributed by atoms with Gasteiger partial charge < -0.3 is 16.0 Å². The summed E-state index contributed by atoms with van der Waals surface area (Å²) < 4.78 is 0.893. The van der Waals surface area contributed by atoms with Gasteiger partial charge in [0.1, 0.15) is 0 Å².